The average Bonchev–Trinajstić information content (AvgIpc) is 3.22. The molecule has 0 fully saturated rings. The molecule has 6 heteroatoms. The topological polar surface area (TPSA) is 78.9 Å². The highest BCUT2D eigenvalue weighted by Gasteiger charge is 2.19. The summed E-state index contributed by atoms with van der Waals surface area (Å²) in [5, 5.41) is 0. The van der Waals surface area contributed by atoms with Gasteiger partial charge in [0.05, 0.1) is 0 Å². The molecule has 0 bridgehead atoms. The van der Waals surface area contributed by atoms with E-state index in [1.54, 1.807) is 0 Å². The molecule has 0 heterocycles. The standard InChI is InChI=1S/C53H102O6/c1-5-7-9-11-13-15-17-20-25-29-33-37-41-45-52(55)58-48-50(47-57-51(54)44-40-36-32-28-23-16-14-12-10-8-6-2)59-53(56)46-42-38-34-30-26-22-19-18-21-24-27-31-35-39-43-49(3)4/h49-50H,5-48H2,1-4H3/t50-/m0/s1. The van der Waals surface area contributed by atoms with Crippen molar-refractivity contribution in [1.82, 2.24) is 0 Å². The quantitative estimate of drug-likeness (QED) is 0.0345. The number of ether oxygens (including phenoxy) is 3. The van der Waals surface area contributed by atoms with E-state index in [-0.39, 0.29) is 31.1 Å². The minimum Gasteiger partial charge on any atom is -0.462 e. The lowest BCUT2D eigenvalue weighted by atomic mass is 10.0. The number of carbonyl (C=O) groups excluding carboxylic acids is 3. The lowest BCUT2D eigenvalue weighted by Gasteiger charge is -2.18. The van der Waals surface area contributed by atoms with E-state index in [1.807, 2.05) is 0 Å². The molecule has 6 nitrogen and oxygen atoms in total. The molecule has 0 rings (SSSR count). The monoisotopic (exact) mass is 835 g/mol. The van der Waals surface area contributed by atoms with Crippen LogP contribution in [0, 0.1) is 5.92 Å². The Morgan fingerprint density at radius 2 is 0.559 bits per heavy atom. The highest BCUT2D eigenvalue weighted by Crippen LogP contribution is 2.17. The van der Waals surface area contributed by atoms with E-state index in [0.717, 1.165) is 63.7 Å². The van der Waals surface area contributed by atoms with Crippen LogP contribution in [0.15, 0.2) is 0 Å². The van der Waals surface area contributed by atoms with Gasteiger partial charge in [0, 0.05) is 19.3 Å². The molecule has 0 saturated carbocycles. The summed E-state index contributed by atoms with van der Waals surface area (Å²) >= 11 is 0. The molecule has 0 aromatic carbocycles. The Hall–Kier alpha value is -1.59. The summed E-state index contributed by atoms with van der Waals surface area (Å²) in [5.41, 5.74) is 0. The van der Waals surface area contributed by atoms with Crippen LogP contribution in [0.5, 0.6) is 0 Å². The second kappa shape index (κ2) is 47.5. The van der Waals surface area contributed by atoms with Crippen molar-refractivity contribution in [2.24, 2.45) is 5.92 Å². The van der Waals surface area contributed by atoms with Crippen molar-refractivity contribution >= 4 is 17.9 Å². The maximum atomic E-state index is 12.8. The molecular formula is C53H102O6. The third-order valence-corrected chi connectivity index (χ3v) is 12.0. The third-order valence-electron chi connectivity index (χ3n) is 12.0. The molecule has 59 heavy (non-hydrogen) atoms. The smallest absolute Gasteiger partial charge is 0.306 e. The van der Waals surface area contributed by atoms with Gasteiger partial charge in [0.15, 0.2) is 6.10 Å². The fraction of sp³-hybridized carbons (Fsp3) is 0.943. The van der Waals surface area contributed by atoms with Gasteiger partial charge in [-0.15, -0.1) is 0 Å². The first kappa shape index (κ1) is 57.4. The highest BCUT2D eigenvalue weighted by molar-refractivity contribution is 5.71. The van der Waals surface area contributed by atoms with Crippen LogP contribution in [0.4, 0.5) is 0 Å². The van der Waals surface area contributed by atoms with Crippen molar-refractivity contribution in [3.05, 3.63) is 0 Å². The zero-order valence-corrected chi connectivity index (χ0v) is 40.2. The van der Waals surface area contributed by atoms with E-state index in [1.165, 1.54) is 193 Å². The molecule has 0 aromatic rings. The maximum Gasteiger partial charge on any atom is 0.306 e. The van der Waals surface area contributed by atoms with Crippen molar-refractivity contribution in [3.8, 4) is 0 Å². The number of hydrogen-bond donors (Lipinski definition) is 0. The Balaban J connectivity index is 4.29. The van der Waals surface area contributed by atoms with E-state index in [0.29, 0.717) is 19.3 Å². The highest BCUT2D eigenvalue weighted by atomic mass is 16.6. The molecule has 350 valence electrons. The Kier molecular flexibility index (Phi) is 46.2. The molecule has 0 aliphatic heterocycles. The van der Waals surface area contributed by atoms with Crippen LogP contribution >= 0.6 is 0 Å². The zero-order valence-electron chi connectivity index (χ0n) is 40.2. The van der Waals surface area contributed by atoms with E-state index < -0.39 is 6.10 Å². The van der Waals surface area contributed by atoms with E-state index in [2.05, 4.69) is 27.7 Å². The summed E-state index contributed by atoms with van der Waals surface area (Å²) in [7, 11) is 0. The number of rotatable bonds is 48. The van der Waals surface area contributed by atoms with Crippen molar-refractivity contribution in [2.45, 2.75) is 303 Å². The summed E-state index contributed by atoms with van der Waals surface area (Å²) in [5.74, 6) is 0.000600. The molecule has 0 unspecified atom stereocenters. The molecule has 0 saturated heterocycles. The van der Waals surface area contributed by atoms with Gasteiger partial charge in [-0.3, -0.25) is 14.4 Å². The number of esters is 3. The van der Waals surface area contributed by atoms with E-state index in [4.69, 9.17) is 14.2 Å². The van der Waals surface area contributed by atoms with Gasteiger partial charge < -0.3 is 14.2 Å². The van der Waals surface area contributed by atoms with Gasteiger partial charge in [-0.1, -0.05) is 259 Å². The van der Waals surface area contributed by atoms with Crippen LogP contribution in [0.2, 0.25) is 0 Å². The zero-order chi connectivity index (χ0) is 43.1. The lowest BCUT2D eigenvalue weighted by Crippen LogP contribution is -2.30. The molecule has 0 N–H and O–H groups in total. The lowest BCUT2D eigenvalue weighted by molar-refractivity contribution is -0.167. The fourth-order valence-corrected chi connectivity index (χ4v) is 8.04. The Bertz CT molecular complexity index is 887. The second-order valence-electron chi connectivity index (χ2n) is 18.6. The van der Waals surface area contributed by atoms with E-state index >= 15 is 0 Å². The Morgan fingerprint density at radius 1 is 0.322 bits per heavy atom. The van der Waals surface area contributed by atoms with Crippen molar-refractivity contribution in [2.75, 3.05) is 13.2 Å². The molecule has 0 amide bonds. The first-order valence-corrected chi connectivity index (χ1v) is 26.4. The van der Waals surface area contributed by atoms with Crippen LogP contribution in [0.3, 0.4) is 0 Å². The summed E-state index contributed by atoms with van der Waals surface area (Å²) in [4.78, 5) is 37.9. The SMILES string of the molecule is CCCCCCCCCCCCCCCC(=O)OC[C@H](COC(=O)CCCCCCCCCCCCC)OC(=O)CCCCCCCCCCCCCCCCC(C)C. The summed E-state index contributed by atoms with van der Waals surface area (Å²) in [6.07, 6.45) is 49.4. The molecule has 0 aliphatic rings. The summed E-state index contributed by atoms with van der Waals surface area (Å²) in [6, 6.07) is 0. The fourth-order valence-electron chi connectivity index (χ4n) is 8.04. The molecule has 0 aromatic heterocycles. The third kappa shape index (κ3) is 47.3. The first-order chi connectivity index (χ1) is 28.9. The van der Waals surface area contributed by atoms with Gasteiger partial charge in [0.25, 0.3) is 0 Å². The van der Waals surface area contributed by atoms with Gasteiger partial charge in [0.1, 0.15) is 13.2 Å². The summed E-state index contributed by atoms with van der Waals surface area (Å²) < 4.78 is 16.8. The van der Waals surface area contributed by atoms with Gasteiger partial charge in [0.2, 0.25) is 0 Å². The number of unbranched alkanes of at least 4 members (excludes halogenated alkanes) is 35. The predicted octanol–water partition coefficient (Wildman–Crippen LogP) is 17.1. The van der Waals surface area contributed by atoms with Crippen molar-refractivity contribution in [3.63, 3.8) is 0 Å². The van der Waals surface area contributed by atoms with Crippen molar-refractivity contribution in [1.29, 1.82) is 0 Å². The van der Waals surface area contributed by atoms with Crippen LogP contribution in [0.1, 0.15) is 297 Å². The van der Waals surface area contributed by atoms with Crippen LogP contribution in [-0.2, 0) is 28.6 Å². The van der Waals surface area contributed by atoms with Crippen LogP contribution in [0.25, 0.3) is 0 Å². The molecule has 0 aliphatic carbocycles. The van der Waals surface area contributed by atoms with Crippen LogP contribution < -0.4 is 0 Å². The molecular weight excluding hydrogens is 733 g/mol. The number of hydrogen-bond acceptors (Lipinski definition) is 6. The first-order valence-electron chi connectivity index (χ1n) is 26.4. The molecule has 1 atom stereocenters. The minimum atomic E-state index is -0.760. The average molecular weight is 835 g/mol. The van der Waals surface area contributed by atoms with Crippen molar-refractivity contribution < 1.29 is 28.6 Å². The Morgan fingerprint density at radius 3 is 0.831 bits per heavy atom. The molecule has 0 radical (unpaired) electrons. The van der Waals surface area contributed by atoms with Gasteiger partial charge >= 0.3 is 17.9 Å². The second-order valence-corrected chi connectivity index (χ2v) is 18.6. The van der Waals surface area contributed by atoms with Gasteiger partial charge in [-0.05, 0) is 25.2 Å². The largest absolute Gasteiger partial charge is 0.462 e. The minimum absolute atomic E-state index is 0.0625. The maximum absolute atomic E-state index is 12.8. The number of carbonyl (C=O) groups is 3. The van der Waals surface area contributed by atoms with Crippen LogP contribution in [-0.4, -0.2) is 37.2 Å². The van der Waals surface area contributed by atoms with E-state index in [9.17, 15) is 14.4 Å². The van der Waals surface area contributed by atoms with Gasteiger partial charge in [-0.2, -0.15) is 0 Å². The normalized spacial score (nSPS) is 11.9. The van der Waals surface area contributed by atoms with Gasteiger partial charge in [-0.25, -0.2) is 0 Å². The molecule has 0 spiro atoms. The predicted molar refractivity (Wildman–Crippen MR) is 252 cm³/mol. The summed E-state index contributed by atoms with van der Waals surface area (Å²) in [6.45, 7) is 9.03. The Labute approximate surface area is 368 Å².